The van der Waals surface area contributed by atoms with Crippen molar-refractivity contribution in [3.05, 3.63) is 54.0 Å². The summed E-state index contributed by atoms with van der Waals surface area (Å²) in [5.41, 5.74) is 3.02. The van der Waals surface area contributed by atoms with Crippen molar-refractivity contribution in [1.82, 2.24) is 10.2 Å². The second-order valence-electron chi connectivity index (χ2n) is 6.83. The number of carbonyl (C=O) groups is 1. The lowest BCUT2D eigenvalue weighted by molar-refractivity contribution is 0.262. The zero-order chi connectivity index (χ0) is 20.4. The normalized spacial score (nSPS) is 13.1. The molecule has 0 spiro atoms. The number of urea groups is 1. The van der Waals surface area contributed by atoms with Crippen LogP contribution in [0, 0.1) is 5.82 Å². The van der Waals surface area contributed by atoms with Gasteiger partial charge in [-0.15, -0.1) is 0 Å². The highest BCUT2D eigenvalue weighted by Gasteiger charge is 2.31. The van der Waals surface area contributed by atoms with Crippen LogP contribution in [0.4, 0.5) is 20.6 Å². The number of amides is 2. The highest BCUT2D eigenvalue weighted by atomic mass is 19.1. The van der Waals surface area contributed by atoms with Crippen LogP contribution in [0.1, 0.15) is 24.5 Å². The third-order valence-electron chi connectivity index (χ3n) is 4.73. The average molecular weight is 396 g/mol. The van der Waals surface area contributed by atoms with Crippen LogP contribution >= 0.6 is 0 Å². The number of aromatic nitrogens is 2. The summed E-state index contributed by atoms with van der Waals surface area (Å²) in [5.74, 6) is 1.07. The molecule has 8 heteroatoms. The zero-order valence-corrected chi connectivity index (χ0v) is 16.1. The van der Waals surface area contributed by atoms with E-state index in [2.05, 4.69) is 20.8 Å². The number of anilines is 2. The molecule has 0 saturated heterocycles. The molecule has 29 heavy (non-hydrogen) atoms. The minimum Gasteiger partial charge on any atom is -0.497 e. The van der Waals surface area contributed by atoms with Gasteiger partial charge in [0.1, 0.15) is 23.0 Å². The first kappa shape index (κ1) is 18.8. The van der Waals surface area contributed by atoms with E-state index >= 15 is 0 Å². The van der Waals surface area contributed by atoms with E-state index in [1.165, 1.54) is 26.4 Å². The molecule has 1 saturated carbocycles. The van der Waals surface area contributed by atoms with Crippen molar-refractivity contribution >= 4 is 17.4 Å². The number of H-pyrrole nitrogens is 1. The molecule has 2 amide bonds. The molecule has 1 fully saturated rings. The zero-order valence-electron chi connectivity index (χ0n) is 16.1. The molecule has 3 N–H and O–H groups in total. The van der Waals surface area contributed by atoms with Crippen molar-refractivity contribution in [2.75, 3.05) is 24.9 Å². The lowest BCUT2D eigenvalue weighted by Gasteiger charge is -2.12. The van der Waals surface area contributed by atoms with Gasteiger partial charge in [0.2, 0.25) is 0 Å². The van der Waals surface area contributed by atoms with E-state index < -0.39 is 6.03 Å². The van der Waals surface area contributed by atoms with E-state index in [0.29, 0.717) is 40.0 Å². The molecule has 1 heterocycles. The van der Waals surface area contributed by atoms with Gasteiger partial charge in [0, 0.05) is 35.4 Å². The Bertz CT molecular complexity index is 1020. The molecule has 1 aliphatic carbocycles. The number of ether oxygens (including phenoxy) is 2. The van der Waals surface area contributed by atoms with Gasteiger partial charge in [0.05, 0.1) is 25.6 Å². The fourth-order valence-electron chi connectivity index (χ4n) is 3.15. The van der Waals surface area contributed by atoms with Crippen molar-refractivity contribution in [3.63, 3.8) is 0 Å². The van der Waals surface area contributed by atoms with E-state index in [1.807, 2.05) is 0 Å². The summed E-state index contributed by atoms with van der Waals surface area (Å²) in [4.78, 5) is 12.7. The summed E-state index contributed by atoms with van der Waals surface area (Å²) in [5, 5.41) is 13.0. The maximum absolute atomic E-state index is 13.7. The van der Waals surface area contributed by atoms with Crippen molar-refractivity contribution in [2.24, 2.45) is 0 Å². The highest BCUT2D eigenvalue weighted by Crippen LogP contribution is 2.45. The Kier molecular flexibility index (Phi) is 5.07. The van der Waals surface area contributed by atoms with Gasteiger partial charge in [-0.2, -0.15) is 5.10 Å². The van der Waals surface area contributed by atoms with E-state index in [1.54, 1.807) is 30.3 Å². The van der Waals surface area contributed by atoms with Crippen LogP contribution in [0.3, 0.4) is 0 Å². The lowest BCUT2D eigenvalue weighted by Crippen LogP contribution is -2.20. The Labute approximate surface area is 167 Å². The van der Waals surface area contributed by atoms with E-state index in [0.717, 1.165) is 18.5 Å². The largest absolute Gasteiger partial charge is 0.497 e. The Morgan fingerprint density at radius 2 is 1.83 bits per heavy atom. The number of rotatable bonds is 6. The quantitative estimate of drug-likeness (QED) is 0.561. The van der Waals surface area contributed by atoms with Crippen molar-refractivity contribution in [1.29, 1.82) is 0 Å². The second-order valence-corrected chi connectivity index (χ2v) is 6.83. The monoisotopic (exact) mass is 396 g/mol. The number of aromatic amines is 1. The fourth-order valence-corrected chi connectivity index (χ4v) is 3.15. The minimum absolute atomic E-state index is 0.317. The minimum atomic E-state index is -0.443. The van der Waals surface area contributed by atoms with Crippen LogP contribution in [0.15, 0.2) is 42.5 Å². The summed E-state index contributed by atoms with van der Waals surface area (Å²) < 4.78 is 24.2. The van der Waals surface area contributed by atoms with Gasteiger partial charge in [-0.3, -0.25) is 5.10 Å². The highest BCUT2D eigenvalue weighted by molar-refractivity contribution is 6.02. The number of nitrogens with one attached hydrogen (secondary N) is 3. The van der Waals surface area contributed by atoms with Gasteiger partial charge >= 0.3 is 6.03 Å². The summed E-state index contributed by atoms with van der Waals surface area (Å²) in [6, 6.07) is 10.8. The smallest absolute Gasteiger partial charge is 0.323 e. The number of benzene rings is 2. The average Bonchev–Trinajstić information content (AvgIpc) is 3.48. The maximum atomic E-state index is 13.7. The Morgan fingerprint density at radius 1 is 1.10 bits per heavy atom. The number of methoxy groups -OCH3 is 2. The molecule has 0 unspecified atom stereocenters. The number of hydrogen-bond donors (Lipinski definition) is 3. The number of halogens is 1. The van der Waals surface area contributed by atoms with Crippen LogP contribution < -0.4 is 20.1 Å². The van der Waals surface area contributed by atoms with Gasteiger partial charge in [-0.05, 0) is 25.0 Å². The first-order valence-corrected chi connectivity index (χ1v) is 9.22. The predicted octanol–water partition coefficient (Wildman–Crippen LogP) is 4.75. The Balaban J connectivity index is 1.60. The summed E-state index contributed by atoms with van der Waals surface area (Å²) in [6.07, 6.45) is 2.04. The van der Waals surface area contributed by atoms with Gasteiger partial charge < -0.3 is 20.1 Å². The van der Waals surface area contributed by atoms with Gasteiger partial charge in [-0.25, -0.2) is 9.18 Å². The van der Waals surface area contributed by atoms with E-state index in [9.17, 15) is 9.18 Å². The van der Waals surface area contributed by atoms with Crippen LogP contribution in [-0.4, -0.2) is 30.4 Å². The molecule has 0 aliphatic heterocycles. The molecule has 150 valence electrons. The molecular formula is C21H21FN4O3. The Morgan fingerprint density at radius 3 is 2.45 bits per heavy atom. The molecule has 7 nitrogen and oxygen atoms in total. The standard InChI is InChI=1S/C21H21FN4O3/c1-28-16-9-15(10-17(11-16)29-2)23-21(27)24-20-18(12-6-7-12)25-26-19(20)13-4-3-5-14(22)8-13/h3-5,8-12H,6-7H2,1-2H3,(H,25,26)(H2,23,24,27). The van der Waals surface area contributed by atoms with Gasteiger partial charge in [0.25, 0.3) is 0 Å². The summed E-state index contributed by atoms with van der Waals surface area (Å²) in [7, 11) is 3.08. The van der Waals surface area contributed by atoms with Gasteiger partial charge in [0.15, 0.2) is 0 Å². The van der Waals surface area contributed by atoms with Crippen LogP contribution in [0.2, 0.25) is 0 Å². The van der Waals surface area contributed by atoms with Crippen LogP contribution in [-0.2, 0) is 0 Å². The second kappa shape index (κ2) is 7.83. The van der Waals surface area contributed by atoms with Crippen molar-refractivity contribution in [3.8, 4) is 22.8 Å². The van der Waals surface area contributed by atoms with Crippen molar-refractivity contribution < 1.29 is 18.7 Å². The molecule has 0 bridgehead atoms. The number of hydrogen-bond acceptors (Lipinski definition) is 4. The SMILES string of the molecule is COc1cc(NC(=O)Nc2c(-c3cccc(F)c3)n[nH]c2C2CC2)cc(OC)c1. The summed E-state index contributed by atoms with van der Waals surface area (Å²) in [6.45, 7) is 0. The lowest BCUT2D eigenvalue weighted by atomic mass is 10.1. The number of nitrogens with zero attached hydrogens (tertiary/aromatic N) is 1. The molecule has 1 aromatic heterocycles. The van der Waals surface area contributed by atoms with Crippen LogP contribution in [0.5, 0.6) is 11.5 Å². The molecular weight excluding hydrogens is 375 g/mol. The molecule has 2 aromatic carbocycles. The molecule has 4 rings (SSSR count). The first-order valence-electron chi connectivity index (χ1n) is 9.22. The summed E-state index contributed by atoms with van der Waals surface area (Å²) >= 11 is 0. The van der Waals surface area contributed by atoms with Gasteiger partial charge in [-0.1, -0.05) is 12.1 Å². The van der Waals surface area contributed by atoms with E-state index in [-0.39, 0.29) is 5.82 Å². The van der Waals surface area contributed by atoms with E-state index in [4.69, 9.17) is 9.47 Å². The Hall–Kier alpha value is -3.55. The fraction of sp³-hybridized carbons (Fsp3) is 0.238. The molecule has 1 aliphatic rings. The van der Waals surface area contributed by atoms with Crippen LogP contribution in [0.25, 0.3) is 11.3 Å². The maximum Gasteiger partial charge on any atom is 0.323 e. The third kappa shape index (κ3) is 4.16. The topological polar surface area (TPSA) is 88.3 Å². The molecule has 0 atom stereocenters. The first-order chi connectivity index (χ1) is 14.1. The number of carbonyl (C=O) groups excluding carboxylic acids is 1. The molecule has 0 radical (unpaired) electrons. The molecule has 3 aromatic rings. The van der Waals surface area contributed by atoms with Crippen molar-refractivity contribution in [2.45, 2.75) is 18.8 Å². The third-order valence-corrected chi connectivity index (χ3v) is 4.73. The predicted molar refractivity (Wildman–Crippen MR) is 108 cm³/mol.